The van der Waals surface area contributed by atoms with E-state index >= 15 is 0 Å². The van der Waals surface area contributed by atoms with Crippen molar-refractivity contribution in [2.75, 3.05) is 20.3 Å². The summed E-state index contributed by atoms with van der Waals surface area (Å²) < 4.78 is 6.18. The van der Waals surface area contributed by atoms with E-state index in [2.05, 4.69) is 51.4 Å². The molecule has 0 saturated carbocycles. The monoisotopic (exact) mass is 483 g/mol. The normalized spacial score (nSPS) is 14.1. The van der Waals surface area contributed by atoms with Crippen LogP contribution in [0.15, 0.2) is 33.7 Å². The van der Waals surface area contributed by atoms with Gasteiger partial charge in [0.25, 0.3) is 0 Å². The van der Waals surface area contributed by atoms with E-state index in [1.807, 2.05) is 13.0 Å². The quantitative estimate of drug-likeness (QED) is 0.337. The first-order chi connectivity index (χ1) is 10.0. The van der Waals surface area contributed by atoms with E-state index < -0.39 is 0 Å². The number of hydrogen-bond acceptors (Lipinski definition) is 2. The average molecular weight is 484 g/mol. The molecule has 1 aromatic carbocycles. The van der Waals surface area contributed by atoms with Gasteiger partial charge in [-0.1, -0.05) is 41.4 Å². The first-order valence-corrected chi connectivity index (χ1v) is 8.14. The average Bonchev–Trinajstić information content (AvgIpc) is 2.43. The van der Waals surface area contributed by atoms with Crippen LogP contribution in [0.3, 0.4) is 0 Å². The van der Waals surface area contributed by atoms with Gasteiger partial charge in [0, 0.05) is 24.2 Å². The van der Waals surface area contributed by atoms with Crippen molar-refractivity contribution in [1.82, 2.24) is 5.32 Å². The van der Waals surface area contributed by atoms with E-state index in [1.54, 1.807) is 7.11 Å². The van der Waals surface area contributed by atoms with Crippen LogP contribution in [0.5, 0.6) is 0 Å². The zero-order chi connectivity index (χ0) is 15.7. The number of benzene rings is 1. The van der Waals surface area contributed by atoms with Crippen LogP contribution >= 0.6 is 39.9 Å². The molecular weight excluding hydrogens is 457 g/mol. The molecule has 0 amide bonds. The van der Waals surface area contributed by atoms with E-state index in [9.17, 15) is 0 Å². The van der Waals surface area contributed by atoms with Gasteiger partial charge in [-0.2, -0.15) is 0 Å². The highest BCUT2D eigenvalue weighted by Crippen LogP contribution is 2.17. The van der Waals surface area contributed by atoms with E-state index in [-0.39, 0.29) is 30.0 Å². The summed E-state index contributed by atoms with van der Waals surface area (Å²) in [6.45, 7) is 5.56. The third-order valence-electron chi connectivity index (χ3n) is 3.32. The second-order valence-corrected chi connectivity index (χ2v) is 6.25. The van der Waals surface area contributed by atoms with Crippen LogP contribution in [0.2, 0.25) is 0 Å². The minimum absolute atomic E-state index is 0. The fraction of sp³-hybridized carbons (Fsp3) is 0.562. The van der Waals surface area contributed by atoms with Crippen molar-refractivity contribution in [1.29, 1.82) is 0 Å². The number of ether oxygens (including phenoxy) is 1. The lowest BCUT2D eigenvalue weighted by Gasteiger charge is -2.16. The van der Waals surface area contributed by atoms with Gasteiger partial charge >= 0.3 is 0 Å². The van der Waals surface area contributed by atoms with Crippen LogP contribution in [0, 0.1) is 5.92 Å². The third-order valence-corrected chi connectivity index (χ3v) is 3.81. The second-order valence-electron chi connectivity index (χ2n) is 5.33. The fourth-order valence-corrected chi connectivity index (χ4v) is 2.60. The number of hydrogen-bond donors (Lipinski definition) is 2. The lowest BCUT2D eigenvalue weighted by molar-refractivity contribution is 0.179. The summed E-state index contributed by atoms with van der Waals surface area (Å²) in [7, 11) is 1.68. The minimum Gasteiger partial charge on any atom is -0.383 e. The van der Waals surface area contributed by atoms with Crippen molar-refractivity contribution in [2.45, 2.75) is 32.7 Å². The van der Waals surface area contributed by atoms with Crippen LogP contribution in [-0.4, -0.2) is 32.3 Å². The lowest BCUT2D eigenvalue weighted by Crippen LogP contribution is -2.41. The highest BCUT2D eigenvalue weighted by Gasteiger charge is 2.08. The number of nitrogens with two attached hydrogens (primary N) is 1. The number of aliphatic imine (C=N–C) groups is 1. The number of halogens is 2. The van der Waals surface area contributed by atoms with Crippen LogP contribution in [0.1, 0.15) is 25.8 Å². The molecule has 6 heteroatoms. The second kappa shape index (κ2) is 12.1. The molecule has 0 aliphatic heterocycles. The Morgan fingerprint density at radius 2 is 2.18 bits per heavy atom. The van der Waals surface area contributed by atoms with Crippen molar-refractivity contribution < 1.29 is 4.74 Å². The molecule has 22 heavy (non-hydrogen) atoms. The zero-order valence-electron chi connectivity index (χ0n) is 13.5. The summed E-state index contributed by atoms with van der Waals surface area (Å²) >= 11 is 3.51. The number of rotatable bonds is 8. The van der Waals surface area contributed by atoms with Gasteiger partial charge in [0.1, 0.15) is 0 Å². The molecule has 4 nitrogen and oxygen atoms in total. The van der Waals surface area contributed by atoms with Crippen molar-refractivity contribution in [3.8, 4) is 0 Å². The highest BCUT2D eigenvalue weighted by atomic mass is 127. The maximum Gasteiger partial charge on any atom is 0.188 e. The molecule has 0 spiro atoms. The first kappa shape index (κ1) is 21.7. The minimum atomic E-state index is 0. The predicted octanol–water partition coefficient (Wildman–Crippen LogP) is 3.58. The van der Waals surface area contributed by atoms with Crippen LogP contribution in [-0.2, 0) is 11.2 Å². The van der Waals surface area contributed by atoms with Gasteiger partial charge in [0.2, 0.25) is 0 Å². The highest BCUT2D eigenvalue weighted by molar-refractivity contribution is 14.0. The number of nitrogens with one attached hydrogen (secondary N) is 1. The fourth-order valence-electron chi connectivity index (χ4n) is 2.15. The molecule has 0 aromatic heterocycles. The summed E-state index contributed by atoms with van der Waals surface area (Å²) in [5.74, 6) is 0.990. The number of nitrogens with zero attached hydrogens (tertiary/aromatic N) is 1. The Hall–Kier alpha value is -0.340. The molecule has 2 unspecified atom stereocenters. The van der Waals surface area contributed by atoms with E-state index in [4.69, 9.17) is 10.5 Å². The molecule has 1 aromatic rings. The summed E-state index contributed by atoms with van der Waals surface area (Å²) in [5, 5.41) is 3.13. The molecular formula is C16H27BrIN3O. The van der Waals surface area contributed by atoms with Crippen LogP contribution < -0.4 is 11.1 Å². The Morgan fingerprint density at radius 3 is 2.77 bits per heavy atom. The van der Waals surface area contributed by atoms with Crippen molar-refractivity contribution in [3.05, 3.63) is 34.3 Å². The van der Waals surface area contributed by atoms with Gasteiger partial charge in [0.15, 0.2) is 5.96 Å². The molecule has 3 N–H and O–H groups in total. The smallest absolute Gasteiger partial charge is 0.188 e. The molecule has 0 aliphatic rings. The molecule has 2 atom stereocenters. The standard InChI is InChI=1S/C16H26BrN3O.HI/c1-4-13(8-14-6-5-7-15(17)9-14)10-19-16(18)20-12(2)11-21-3;/h5-7,9,12-13H,4,8,10-11H2,1-3H3,(H3,18,19,20);1H. The molecule has 0 heterocycles. The van der Waals surface area contributed by atoms with Crippen molar-refractivity contribution in [3.63, 3.8) is 0 Å². The Bertz CT molecular complexity index is 457. The van der Waals surface area contributed by atoms with Crippen LogP contribution in [0.4, 0.5) is 0 Å². The lowest BCUT2D eigenvalue weighted by atomic mass is 9.97. The molecule has 0 aliphatic carbocycles. The van der Waals surface area contributed by atoms with Gasteiger partial charge in [-0.05, 0) is 37.0 Å². The van der Waals surface area contributed by atoms with E-state index in [0.717, 1.165) is 23.9 Å². The Balaban J connectivity index is 0.00000441. The zero-order valence-corrected chi connectivity index (χ0v) is 17.4. The molecule has 0 fully saturated rings. The molecule has 0 saturated heterocycles. The Kier molecular flexibility index (Phi) is 11.9. The molecule has 1 rings (SSSR count). The number of guanidine groups is 1. The number of methoxy groups -OCH3 is 1. The van der Waals surface area contributed by atoms with Gasteiger partial charge in [-0.15, -0.1) is 24.0 Å². The Morgan fingerprint density at radius 1 is 1.45 bits per heavy atom. The molecule has 0 radical (unpaired) electrons. The molecule has 126 valence electrons. The summed E-state index contributed by atoms with van der Waals surface area (Å²) in [6, 6.07) is 8.59. The van der Waals surface area contributed by atoms with Gasteiger partial charge in [-0.3, -0.25) is 4.99 Å². The van der Waals surface area contributed by atoms with Gasteiger partial charge in [0.05, 0.1) is 6.61 Å². The van der Waals surface area contributed by atoms with Gasteiger partial charge in [-0.25, -0.2) is 0 Å². The molecule has 0 bridgehead atoms. The predicted molar refractivity (Wildman–Crippen MR) is 108 cm³/mol. The summed E-state index contributed by atoms with van der Waals surface area (Å²) in [4.78, 5) is 4.45. The maximum absolute atomic E-state index is 5.90. The van der Waals surface area contributed by atoms with Gasteiger partial charge < -0.3 is 15.8 Å². The topological polar surface area (TPSA) is 59.6 Å². The summed E-state index contributed by atoms with van der Waals surface area (Å²) in [5.41, 5.74) is 7.23. The Labute approximate surface area is 159 Å². The van der Waals surface area contributed by atoms with E-state index in [0.29, 0.717) is 18.5 Å². The third kappa shape index (κ3) is 8.95. The SMILES string of the molecule is CCC(CN=C(N)NC(C)COC)Cc1cccc(Br)c1.I. The van der Waals surface area contributed by atoms with Crippen molar-refractivity contribution in [2.24, 2.45) is 16.6 Å². The van der Waals surface area contributed by atoms with Crippen molar-refractivity contribution >= 4 is 45.9 Å². The largest absolute Gasteiger partial charge is 0.383 e. The van der Waals surface area contributed by atoms with Crippen LogP contribution in [0.25, 0.3) is 0 Å². The van der Waals surface area contributed by atoms with E-state index in [1.165, 1.54) is 5.56 Å². The first-order valence-electron chi connectivity index (χ1n) is 7.35. The maximum atomic E-state index is 5.90. The summed E-state index contributed by atoms with van der Waals surface area (Å²) in [6.07, 6.45) is 2.09.